The molecule has 1 N–H and O–H groups in total. The number of carboxylic acid groups (broad SMARTS) is 1. The number of allylic oxidation sites excluding steroid dienone is 1. The van der Waals surface area contributed by atoms with Crippen molar-refractivity contribution in [3.63, 3.8) is 0 Å². The van der Waals surface area contributed by atoms with Gasteiger partial charge in [-0.3, -0.25) is 0 Å². The fourth-order valence-electron chi connectivity index (χ4n) is 1.78. The Balaban J connectivity index is 3.07. The molecule has 0 aliphatic heterocycles. The lowest BCUT2D eigenvalue weighted by molar-refractivity contribution is -0.131. The molecule has 0 saturated heterocycles. The van der Waals surface area contributed by atoms with E-state index in [2.05, 4.69) is 33.9 Å². The van der Waals surface area contributed by atoms with Crippen LogP contribution in [0.4, 0.5) is 0 Å². The summed E-state index contributed by atoms with van der Waals surface area (Å²) in [6.45, 7) is 15.1. The maximum atomic E-state index is 10.7. The Morgan fingerprint density at radius 2 is 1.77 bits per heavy atom. The van der Waals surface area contributed by atoms with Crippen LogP contribution in [0.15, 0.2) is 36.4 Å². The second-order valence-corrected chi connectivity index (χ2v) is 12.5. The summed E-state index contributed by atoms with van der Waals surface area (Å²) < 4.78 is 6.33. The quantitative estimate of drug-likeness (QED) is 0.614. The predicted octanol–water partition coefficient (Wildman–Crippen LogP) is 4.99. The smallest absolute Gasteiger partial charge is 0.328 e. The molecule has 0 aliphatic rings. The van der Waals surface area contributed by atoms with Crippen molar-refractivity contribution in [3.8, 4) is 5.75 Å². The highest BCUT2D eigenvalue weighted by molar-refractivity contribution is 6.74. The first-order valence-corrected chi connectivity index (χ1v) is 10.5. The first-order valence-electron chi connectivity index (χ1n) is 7.57. The summed E-state index contributed by atoms with van der Waals surface area (Å²) >= 11 is 0. The van der Waals surface area contributed by atoms with E-state index < -0.39 is 14.3 Å². The van der Waals surface area contributed by atoms with Crippen molar-refractivity contribution >= 4 is 14.3 Å². The van der Waals surface area contributed by atoms with Crippen LogP contribution in [0.5, 0.6) is 5.75 Å². The molecule has 4 heteroatoms. The SMILES string of the molecule is CC(C)(/C=C/C(=O)O)c1cccc(O[Si](C)(C)C(C)(C)C)c1. The van der Waals surface area contributed by atoms with Gasteiger partial charge in [0.1, 0.15) is 5.75 Å². The van der Waals surface area contributed by atoms with Crippen LogP contribution in [0.25, 0.3) is 0 Å². The van der Waals surface area contributed by atoms with Gasteiger partial charge in [0.15, 0.2) is 0 Å². The lowest BCUT2D eigenvalue weighted by Crippen LogP contribution is -2.43. The van der Waals surface area contributed by atoms with Gasteiger partial charge in [-0.15, -0.1) is 0 Å². The summed E-state index contributed by atoms with van der Waals surface area (Å²) in [6, 6.07) is 7.96. The van der Waals surface area contributed by atoms with E-state index in [0.29, 0.717) is 0 Å². The molecule has 0 radical (unpaired) electrons. The fourth-order valence-corrected chi connectivity index (χ4v) is 2.81. The number of hydrogen-bond acceptors (Lipinski definition) is 2. The number of rotatable bonds is 5. The van der Waals surface area contributed by atoms with E-state index in [1.165, 1.54) is 6.08 Å². The van der Waals surface area contributed by atoms with E-state index >= 15 is 0 Å². The Bertz CT molecular complexity index is 566. The maximum absolute atomic E-state index is 10.7. The Morgan fingerprint density at radius 1 is 1.18 bits per heavy atom. The minimum absolute atomic E-state index is 0.141. The second kappa shape index (κ2) is 6.29. The standard InChI is InChI=1S/C18H28O3Si/c1-17(2,3)22(6,7)21-15-10-8-9-14(13-15)18(4,5)12-11-16(19)20/h8-13H,1-7H3,(H,19,20)/b12-11+. The molecule has 0 bridgehead atoms. The third-order valence-corrected chi connectivity index (χ3v) is 8.76. The molecule has 0 atom stereocenters. The molecular formula is C18H28O3Si. The predicted molar refractivity (Wildman–Crippen MR) is 94.1 cm³/mol. The topological polar surface area (TPSA) is 46.5 Å². The number of benzene rings is 1. The number of carboxylic acids is 1. The van der Waals surface area contributed by atoms with Crippen LogP contribution in [0.2, 0.25) is 18.1 Å². The van der Waals surface area contributed by atoms with Crippen LogP contribution in [-0.2, 0) is 10.2 Å². The van der Waals surface area contributed by atoms with Crippen molar-refractivity contribution in [3.05, 3.63) is 42.0 Å². The van der Waals surface area contributed by atoms with Gasteiger partial charge in [0.25, 0.3) is 0 Å². The van der Waals surface area contributed by atoms with Crippen LogP contribution in [0, 0.1) is 0 Å². The first-order chi connectivity index (χ1) is 9.85. The van der Waals surface area contributed by atoms with Crippen molar-refractivity contribution in [2.75, 3.05) is 0 Å². The summed E-state index contributed by atoms with van der Waals surface area (Å²) in [5.41, 5.74) is 0.687. The minimum Gasteiger partial charge on any atom is -0.543 e. The third-order valence-electron chi connectivity index (χ3n) is 4.40. The van der Waals surface area contributed by atoms with Crippen LogP contribution >= 0.6 is 0 Å². The average molecular weight is 321 g/mol. The first kappa shape index (κ1) is 18.5. The van der Waals surface area contributed by atoms with Gasteiger partial charge in [0.2, 0.25) is 8.32 Å². The van der Waals surface area contributed by atoms with E-state index in [1.807, 2.05) is 38.1 Å². The van der Waals surface area contributed by atoms with Crippen LogP contribution in [-0.4, -0.2) is 19.4 Å². The summed E-state index contributed by atoms with van der Waals surface area (Å²) in [7, 11) is -1.88. The molecule has 0 aromatic heterocycles. The molecule has 0 fully saturated rings. The highest BCUT2D eigenvalue weighted by Crippen LogP contribution is 2.38. The van der Waals surface area contributed by atoms with Gasteiger partial charge in [-0.1, -0.05) is 52.8 Å². The van der Waals surface area contributed by atoms with Gasteiger partial charge in [0.05, 0.1) is 0 Å². The molecule has 0 saturated carbocycles. The molecule has 1 aromatic rings. The zero-order valence-electron chi connectivity index (χ0n) is 14.7. The Kier molecular flexibility index (Phi) is 5.28. The van der Waals surface area contributed by atoms with Crippen molar-refractivity contribution < 1.29 is 14.3 Å². The maximum Gasteiger partial charge on any atom is 0.328 e. The molecule has 0 aliphatic carbocycles. The largest absolute Gasteiger partial charge is 0.543 e. The fraction of sp³-hybridized carbons (Fsp3) is 0.500. The number of aliphatic carboxylic acids is 1. The normalized spacial score (nSPS) is 13.4. The molecule has 122 valence electrons. The number of hydrogen-bond donors (Lipinski definition) is 1. The van der Waals surface area contributed by atoms with Crippen LogP contribution < -0.4 is 4.43 Å². The lowest BCUT2D eigenvalue weighted by Gasteiger charge is -2.36. The summed E-state index contributed by atoms with van der Waals surface area (Å²) in [6.07, 6.45) is 2.90. The van der Waals surface area contributed by atoms with Gasteiger partial charge in [-0.25, -0.2) is 4.79 Å². The molecule has 0 unspecified atom stereocenters. The van der Waals surface area contributed by atoms with E-state index in [1.54, 1.807) is 6.08 Å². The highest BCUT2D eigenvalue weighted by atomic mass is 28.4. The Morgan fingerprint density at radius 3 is 2.27 bits per heavy atom. The van der Waals surface area contributed by atoms with Gasteiger partial charge in [0, 0.05) is 11.5 Å². The molecule has 0 heterocycles. The summed E-state index contributed by atoms with van der Waals surface area (Å²) in [4.78, 5) is 10.7. The summed E-state index contributed by atoms with van der Waals surface area (Å²) in [5.74, 6) is -0.0670. The van der Waals surface area contributed by atoms with E-state index in [9.17, 15) is 4.79 Å². The molecule has 1 rings (SSSR count). The van der Waals surface area contributed by atoms with Gasteiger partial charge in [-0.05, 0) is 35.8 Å². The van der Waals surface area contributed by atoms with Gasteiger partial charge < -0.3 is 9.53 Å². The van der Waals surface area contributed by atoms with Crippen molar-refractivity contribution in [2.24, 2.45) is 0 Å². The van der Waals surface area contributed by atoms with Gasteiger partial charge in [-0.2, -0.15) is 0 Å². The molecule has 3 nitrogen and oxygen atoms in total. The monoisotopic (exact) mass is 320 g/mol. The van der Waals surface area contributed by atoms with Crippen LogP contribution in [0.3, 0.4) is 0 Å². The van der Waals surface area contributed by atoms with Crippen molar-refractivity contribution in [1.82, 2.24) is 0 Å². The van der Waals surface area contributed by atoms with E-state index in [4.69, 9.17) is 9.53 Å². The third kappa shape index (κ3) is 4.73. The second-order valence-electron chi connectivity index (χ2n) is 7.78. The average Bonchev–Trinajstić information content (AvgIpc) is 2.35. The molecule has 22 heavy (non-hydrogen) atoms. The zero-order chi connectivity index (χ0) is 17.2. The Labute approximate surface area is 135 Å². The molecule has 0 spiro atoms. The molecule has 0 amide bonds. The zero-order valence-corrected chi connectivity index (χ0v) is 15.7. The van der Waals surface area contributed by atoms with Crippen molar-refractivity contribution in [1.29, 1.82) is 0 Å². The van der Waals surface area contributed by atoms with E-state index in [-0.39, 0.29) is 10.5 Å². The van der Waals surface area contributed by atoms with Crippen LogP contribution in [0.1, 0.15) is 40.2 Å². The molecular weight excluding hydrogens is 292 g/mol. The lowest BCUT2D eigenvalue weighted by atomic mass is 9.84. The summed E-state index contributed by atoms with van der Waals surface area (Å²) in [5, 5.41) is 8.96. The number of carbonyl (C=O) groups is 1. The minimum atomic E-state index is -1.88. The van der Waals surface area contributed by atoms with Gasteiger partial charge >= 0.3 is 5.97 Å². The molecule has 1 aromatic carbocycles. The Hall–Kier alpha value is -1.55. The van der Waals surface area contributed by atoms with Crippen molar-refractivity contribution in [2.45, 2.75) is 58.2 Å². The van der Waals surface area contributed by atoms with E-state index in [0.717, 1.165) is 11.3 Å². The highest BCUT2D eigenvalue weighted by Gasteiger charge is 2.39.